The summed E-state index contributed by atoms with van der Waals surface area (Å²) >= 11 is 6.53. The molecule has 2 aromatic carbocycles. The molecule has 146 valence electrons. The van der Waals surface area contributed by atoms with Gasteiger partial charge in [0.15, 0.2) is 4.67 Å². The Morgan fingerprint density at radius 3 is 2.24 bits per heavy atom. The van der Waals surface area contributed by atoms with Crippen molar-refractivity contribution >= 4 is 56.0 Å². The summed E-state index contributed by atoms with van der Waals surface area (Å²) in [4.78, 5) is 25.1. The molecule has 0 aliphatic rings. The monoisotopic (exact) mass is 515 g/mol. The fourth-order valence-corrected chi connectivity index (χ4v) is 2.91. The molecule has 0 saturated carbocycles. The number of halogens is 2. The number of hydrazone groups is 1. The number of amides is 2. The second-order valence-electron chi connectivity index (χ2n) is 5.76. The van der Waals surface area contributed by atoms with Gasteiger partial charge in [0.1, 0.15) is 11.5 Å². The fourth-order valence-electron chi connectivity index (χ4n) is 2.30. The van der Waals surface area contributed by atoms with Crippen LogP contribution in [0.1, 0.15) is 21.7 Å². The van der Waals surface area contributed by atoms with Crippen LogP contribution in [0.15, 0.2) is 91.1 Å². The predicted molar refractivity (Wildman–Crippen MR) is 118 cm³/mol. The molecule has 0 aliphatic heterocycles. The van der Waals surface area contributed by atoms with Crippen LogP contribution in [0.4, 0.5) is 0 Å². The first-order valence-electron chi connectivity index (χ1n) is 8.44. The molecule has 29 heavy (non-hydrogen) atoms. The largest absolute Gasteiger partial charge is 0.447 e. The highest BCUT2D eigenvalue weighted by Gasteiger charge is 2.14. The Balaban J connectivity index is 1.77. The van der Waals surface area contributed by atoms with E-state index >= 15 is 0 Å². The first-order chi connectivity index (χ1) is 14.0. The predicted octanol–water partition coefficient (Wildman–Crippen LogP) is 4.73. The highest BCUT2D eigenvalue weighted by molar-refractivity contribution is 9.13. The number of carbonyl (C=O) groups excluding carboxylic acids is 2. The summed E-state index contributed by atoms with van der Waals surface area (Å²) in [6.45, 7) is 0. The van der Waals surface area contributed by atoms with Gasteiger partial charge in [-0.2, -0.15) is 5.10 Å². The lowest BCUT2D eigenvalue weighted by Gasteiger charge is -2.09. The average Bonchev–Trinajstić information content (AvgIpc) is 3.06. The van der Waals surface area contributed by atoms with Crippen LogP contribution in [0.3, 0.4) is 0 Å². The minimum Gasteiger partial charge on any atom is -0.447 e. The van der Waals surface area contributed by atoms with Gasteiger partial charge in [-0.25, -0.2) is 5.43 Å². The van der Waals surface area contributed by atoms with Crippen molar-refractivity contribution in [1.29, 1.82) is 0 Å². The van der Waals surface area contributed by atoms with Gasteiger partial charge in [0.2, 0.25) is 0 Å². The zero-order valence-electron chi connectivity index (χ0n) is 14.9. The van der Waals surface area contributed by atoms with Gasteiger partial charge in [-0.05, 0) is 55.6 Å². The Bertz CT molecular complexity index is 1040. The number of hydrogen-bond acceptors (Lipinski definition) is 4. The lowest BCUT2D eigenvalue weighted by Crippen LogP contribution is -2.32. The molecule has 2 N–H and O–H groups in total. The first-order valence-corrected chi connectivity index (χ1v) is 10.0. The van der Waals surface area contributed by atoms with Crippen molar-refractivity contribution in [3.05, 3.63) is 98.5 Å². The molecule has 2 amide bonds. The molecule has 8 heteroatoms. The van der Waals surface area contributed by atoms with Gasteiger partial charge >= 0.3 is 0 Å². The number of hydrogen-bond donors (Lipinski definition) is 2. The molecular formula is C21H15Br2N3O3. The van der Waals surface area contributed by atoms with E-state index in [1.807, 2.05) is 36.4 Å². The van der Waals surface area contributed by atoms with E-state index in [2.05, 4.69) is 47.7 Å². The third-order valence-corrected chi connectivity index (χ3v) is 5.37. The molecule has 3 rings (SSSR count). The molecule has 0 bridgehead atoms. The molecule has 0 atom stereocenters. The molecular weight excluding hydrogens is 502 g/mol. The Morgan fingerprint density at radius 2 is 1.62 bits per heavy atom. The van der Waals surface area contributed by atoms with E-state index in [4.69, 9.17) is 4.42 Å². The smallest absolute Gasteiger partial charge is 0.287 e. The van der Waals surface area contributed by atoms with Crippen LogP contribution < -0.4 is 10.7 Å². The van der Waals surface area contributed by atoms with E-state index in [1.165, 1.54) is 6.21 Å². The van der Waals surface area contributed by atoms with Crippen LogP contribution in [0.25, 0.3) is 6.08 Å². The number of carbonyl (C=O) groups is 2. The molecule has 1 heterocycles. The van der Waals surface area contributed by atoms with Crippen molar-refractivity contribution in [3.63, 3.8) is 0 Å². The maximum atomic E-state index is 12.6. The standard InChI is InChI=1S/C21H15Br2N3O3/c22-17-12-16(29-19(17)23)13-24-26-21(28)18(11-14-7-3-1-4-8-14)25-20(27)15-9-5-2-6-10-15/h1-13H,(H,25,27)(H,26,28)/b18-11-,24-13+. The van der Waals surface area contributed by atoms with Gasteiger partial charge in [-0.1, -0.05) is 48.5 Å². The molecule has 0 unspecified atom stereocenters. The summed E-state index contributed by atoms with van der Waals surface area (Å²) in [5, 5.41) is 6.53. The molecule has 0 saturated heterocycles. The third kappa shape index (κ3) is 6.00. The third-order valence-electron chi connectivity index (χ3n) is 3.66. The van der Waals surface area contributed by atoms with Gasteiger partial charge < -0.3 is 9.73 Å². The van der Waals surface area contributed by atoms with E-state index in [-0.39, 0.29) is 5.70 Å². The summed E-state index contributed by atoms with van der Waals surface area (Å²) in [6.07, 6.45) is 2.93. The molecule has 0 radical (unpaired) electrons. The molecule has 0 fully saturated rings. The zero-order chi connectivity index (χ0) is 20.6. The van der Waals surface area contributed by atoms with E-state index in [1.54, 1.807) is 36.4 Å². The highest BCUT2D eigenvalue weighted by atomic mass is 79.9. The van der Waals surface area contributed by atoms with Crippen LogP contribution in [-0.2, 0) is 4.79 Å². The maximum Gasteiger partial charge on any atom is 0.287 e. The molecule has 1 aromatic heterocycles. The number of benzene rings is 2. The minimum atomic E-state index is -0.570. The first kappa shape index (κ1) is 20.8. The minimum absolute atomic E-state index is 0.0593. The van der Waals surface area contributed by atoms with E-state index in [0.717, 1.165) is 10.0 Å². The van der Waals surface area contributed by atoms with Crippen molar-refractivity contribution in [1.82, 2.24) is 10.7 Å². The SMILES string of the molecule is O=C(N/N=C/c1cc(Br)c(Br)o1)/C(=C/c1ccccc1)NC(=O)c1ccccc1. The Hall–Kier alpha value is -2.97. The molecule has 3 aromatic rings. The summed E-state index contributed by atoms with van der Waals surface area (Å²) in [7, 11) is 0. The van der Waals surface area contributed by atoms with Crippen molar-refractivity contribution in [2.45, 2.75) is 0 Å². The molecule has 0 spiro atoms. The average molecular weight is 517 g/mol. The Morgan fingerprint density at radius 1 is 0.966 bits per heavy atom. The van der Waals surface area contributed by atoms with Crippen molar-refractivity contribution in [3.8, 4) is 0 Å². The summed E-state index contributed by atoms with van der Waals surface area (Å²) in [5.41, 5.74) is 3.65. The van der Waals surface area contributed by atoms with Crippen LogP contribution in [0.5, 0.6) is 0 Å². The second-order valence-corrected chi connectivity index (χ2v) is 7.33. The lowest BCUT2D eigenvalue weighted by atomic mass is 10.1. The van der Waals surface area contributed by atoms with Crippen molar-refractivity contribution < 1.29 is 14.0 Å². The van der Waals surface area contributed by atoms with E-state index in [0.29, 0.717) is 16.0 Å². The highest BCUT2D eigenvalue weighted by Crippen LogP contribution is 2.25. The summed E-state index contributed by atoms with van der Waals surface area (Å²) < 4.78 is 6.60. The molecule has 0 aliphatic carbocycles. The summed E-state index contributed by atoms with van der Waals surface area (Å²) in [5.74, 6) is -0.532. The van der Waals surface area contributed by atoms with Crippen LogP contribution in [0.2, 0.25) is 0 Å². The van der Waals surface area contributed by atoms with Gasteiger partial charge in [0, 0.05) is 11.6 Å². The maximum absolute atomic E-state index is 12.6. The van der Waals surface area contributed by atoms with Crippen LogP contribution >= 0.6 is 31.9 Å². The van der Waals surface area contributed by atoms with Gasteiger partial charge in [0.05, 0.1) is 10.7 Å². The van der Waals surface area contributed by atoms with Gasteiger partial charge in [0.25, 0.3) is 11.8 Å². The molecule has 6 nitrogen and oxygen atoms in total. The number of furan rings is 1. The van der Waals surface area contributed by atoms with Gasteiger partial charge in [-0.3, -0.25) is 9.59 Å². The normalized spacial score (nSPS) is 11.4. The quantitative estimate of drug-likeness (QED) is 0.282. The van der Waals surface area contributed by atoms with E-state index < -0.39 is 11.8 Å². The van der Waals surface area contributed by atoms with E-state index in [9.17, 15) is 9.59 Å². The topological polar surface area (TPSA) is 83.7 Å². The second kappa shape index (κ2) is 9.99. The zero-order valence-corrected chi connectivity index (χ0v) is 18.1. The van der Waals surface area contributed by atoms with Crippen molar-refractivity contribution in [2.75, 3.05) is 0 Å². The summed E-state index contributed by atoms with van der Waals surface area (Å²) in [6, 6.07) is 19.5. The van der Waals surface area contributed by atoms with Gasteiger partial charge in [-0.15, -0.1) is 0 Å². The lowest BCUT2D eigenvalue weighted by molar-refractivity contribution is -0.117. The Kier molecular flexibility index (Phi) is 7.15. The number of nitrogens with one attached hydrogen (secondary N) is 2. The van der Waals surface area contributed by atoms with Crippen molar-refractivity contribution in [2.24, 2.45) is 5.10 Å². The number of rotatable bonds is 6. The fraction of sp³-hybridized carbons (Fsp3) is 0. The van der Waals surface area contributed by atoms with Crippen LogP contribution in [-0.4, -0.2) is 18.0 Å². The number of nitrogens with zero attached hydrogens (tertiary/aromatic N) is 1. The van der Waals surface area contributed by atoms with Crippen LogP contribution in [0, 0.1) is 0 Å². The Labute approximate surface area is 183 Å².